The second-order valence-corrected chi connectivity index (χ2v) is 14.3. The number of aromatic nitrogens is 1. The van der Waals surface area contributed by atoms with Gasteiger partial charge in [-0.1, -0.05) is 127 Å². The van der Waals surface area contributed by atoms with Crippen molar-refractivity contribution < 1.29 is 0 Å². The van der Waals surface area contributed by atoms with Crippen LogP contribution in [-0.4, -0.2) is 4.57 Å². The lowest BCUT2D eigenvalue weighted by Crippen LogP contribution is -2.11. The second-order valence-electron chi connectivity index (χ2n) is 13.3. The van der Waals surface area contributed by atoms with Crippen LogP contribution in [0, 0.1) is 0 Å². The van der Waals surface area contributed by atoms with Crippen LogP contribution in [0.2, 0.25) is 0 Å². The van der Waals surface area contributed by atoms with Gasteiger partial charge in [0.1, 0.15) is 0 Å². The Balaban J connectivity index is 1.22. The van der Waals surface area contributed by atoms with E-state index in [1.165, 1.54) is 74.3 Å². The fourth-order valence-electron chi connectivity index (χ4n) is 8.39. The van der Waals surface area contributed by atoms with Crippen molar-refractivity contribution in [1.82, 2.24) is 4.57 Å². The summed E-state index contributed by atoms with van der Waals surface area (Å²) in [5, 5.41) is 12.9. The number of rotatable bonds is 4. The van der Waals surface area contributed by atoms with Crippen molar-refractivity contribution in [1.29, 1.82) is 0 Å². The molecule has 238 valence electrons. The molecule has 0 fully saturated rings. The molecule has 0 unspecified atom stereocenters. The van der Waals surface area contributed by atoms with Gasteiger partial charge in [0.25, 0.3) is 0 Å². The zero-order chi connectivity index (χ0) is 33.5. The van der Waals surface area contributed by atoms with E-state index in [4.69, 9.17) is 0 Å². The minimum atomic E-state index is 1.12. The molecule has 0 spiro atoms. The summed E-state index contributed by atoms with van der Waals surface area (Å²) in [5.74, 6) is 0. The topological polar surface area (TPSA) is 8.17 Å². The van der Waals surface area contributed by atoms with Crippen molar-refractivity contribution in [3.8, 4) is 5.69 Å². The van der Waals surface area contributed by atoms with E-state index < -0.39 is 0 Å². The normalized spacial score (nSPS) is 11.9. The van der Waals surface area contributed by atoms with E-state index in [1.807, 2.05) is 11.3 Å². The van der Waals surface area contributed by atoms with Crippen LogP contribution in [0.15, 0.2) is 182 Å². The molecule has 0 bridgehead atoms. The Labute approximate surface area is 298 Å². The monoisotopic (exact) mass is 666 g/mol. The van der Waals surface area contributed by atoms with Gasteiger partial charge in [0.2, 0.25) is 0 Å². The zero-order valence-electron chi connectivity index (χ0n) is 27.6. The summed E-state index contributed by atoms with van der Waals surface area (Å²) in [6, 6.07) is 66.5. The Hall–Kier alpha value is -6.42. The summed E-state index contributed by atoms with van der Waals surface area (Å²) < 4.78 is 5.13. The Morgan fingerprint density at radius 3 is 1.92 bits per heavy atom. The summed E-state index contributed by atoms with van der Waals surface area (Å²) in [4.78, 5) is 2.43. The Morgan fingerprint density at radius 1 is 0.412 bits per heavy atom. The maximum atomic E-state index is 2.43. The predicted octanol–water partition coefficient (Wildman–Crippen LogP) is 14.1. The van der Waals surface area contributed by atoms with E-state index >= 15 is 0 Å². The van der Waals surface area contributed by atoms with E-state index in [9.17, 15) is 0 Å². The molecule has 0 atom stereocenters. The Morgan fingerprint density at radius 2 is 1.08 bits per heavy atom. The highest BCUT2D eigenvalue weighted by molar-refractivity contribution is 7.27. The molecule has 0 aliphatic carbocycles. The van der Waals surface area contributed by atoms with Gasteiger partial charge in [-0.15, -0.1) is 11.3 Å². The molecule has 11 aromatic rings. The lowest BCUT2D eigenvalue weighted by Gasteiger charge is -2.27. The molecular weight excluding hydrogens is 637 g/mol. The molecule has 3 heteroatoms. The summed E-state index contributed by atoms with van der Waals surface area (Å²) >= 11 is 1.91. The first-order chi connectivity index (χ1) is 25.3. The van der Waals surface area contributed by atoms with Gasteiger partial charge in [-0.05, 0) is 81.5 Å². The summed E-state index contributed by atoms with van der Waals surface area (Å²) in [5.41, 5.74) is 6.90. The fourth-order valence-corrected chi connectivity index (χ4v) is 9.64. The lowest BCUT2D eigenvalue weighted by atomic mass is 9.93. The van der Waals surface area contributed by atoms with Gasteiger partial charge in [-0.2, -0.15) is 0 Å². The molecule has 11 rings (SSSR count). The molecule has 2 aromatic heterocycles. The number of para-hydroxylation sites is 4. The molecule has 2 nitrogen and oxygen atoms in total. The van der Waals surface area contributed by atoms with Crippen LogP contribution in [0.5, 0.6) is 0 Å². The molecule has 0 amide bonds. The zero-order valence-corrected chi connectivity index (χ0v) is 28.4. The van der Waals surface area contributed by atoms with Gasteiger partial charge in [-0.3, -0.25) is 0 Å². The van der Waals surface area contributed by atoms with Gasteiger partial charge in [0.05, 0.1) is 16.7 Å². The molecular formula is C48H30N2S. The largest absolute Gasteiger partial charge is 0.308 e. The molecule has 0 saturated heterocycles. The number of hydrogen-bond acceptors (Lipinski definition) is 2. The van der Waals surface area contributed by atoms with Gasteiger partial charge < -0.3 is 9.47 Å². The molecule has 0 radical (unpaired) electrons. The van der Waals surface area contributed by atoms with Crippen LogP contribution < -0.4 is 4.90 Å². The molecule has 0 saturated carbocycles. The minimum Gasteiger partial charge on any atom is -0.308 e. The van der Waals surface area contributed by atoms with Crippen molar-refractivity contribution in [2.75, 3.05) is 4.90 Å². The molecule has 0 N–H and O–H groups in total. The number of nitrogens with zero attached hydrogens (tertiary/aromatic N) is 2. The van der Waals surface area contributed by atoms with Crippen LogP contribution in [0.4, 0.5) is 17.1 Å². The second kappa shape index (κ2) is 11.0. The maximum Gasteiger partial charge on any atom is 0.0782 e. The molecule has 0 aliphatic rings. The molecule has 2 heterocycles. The maximum absolute atomic E-state index is 2.43. The van der Waals surface area contributed by atoms with Crippen molar-refractivity contribution >= 4 is 103 Å². The Kier molecular flexibility index (Phi) is 6.16. The fraction of sp³-hybridized carbons (Fsp3) is 0. The number of hydrogen-bond donors (Lipinski definition) is 0. The van der Waals surface area contributed by atoms with Crippen LogP contribution in [0.3, 0.4) is 0 Å². The molecule has 9 aromatic carbocycles. The lowest BCUT2D eigenvalue weighted by molar-refractivity contribution is 1.17. The number of thiophene rings is 1. The van der Waals surface area contributed by atoms with Gasteiger partial charge in [0, 0.05) is 53.4 Å². The van der Waals surface area contributed by atoms with E-state index in [2.05, 4.69) is 191 Å². The molecule has 51 heavy (non-hydrogen) atoms. The average molecular weight is 667 g/mol. The summed E-state index contributed by atoms with van der Waals surface area (Å²) in [6.07, 6.45) is 0. The van der Waals surface area contributed by atoms with Crippen LogP contribution in [0.1, 0.15) is 0 Å². The Bertz CT molecular complexity index is 3140. The minimum absolute atomic E-state index is 1.12. The van der Waals surface area contributed by atoms with Crippen LogP contribution in [-0.2, 0) is 0 Å². The standard InChI is InChI=1S/C48H30N2S/c1-3-14-32(15-4-1)49(43-24-13-22-38-36-18-9-11-23-42(36)50(47(38)43)33-16-5-2-6-17-33)34-27-29-35-31(30-34)26-28-41-45(35)37-19-7-8-20-39(37)48-46(41)40-21-10-12-25-44(40)51-48/h1-30H. The third-order valence-corrected chi connectivity index (χ3v) is 11.7. The third-order valence-electron chi connectivity index (χ3n) is 10.5. The third kappa shape index (κ3) is 4.16. The predicted molar refractivity (Wildman–Crippen MR) is 221 cm³/mol. The number of benzene rings is 9. The van der Waals surface area contributed by atoms with E-state index in [-0.39, 0.29) is 0 Å². The first kappa shape index (κ1) is 28.4. The van der Waals surface area contributed by atoms with Crippen molar-refractivity contribution in [3.63, 3.8) is 0 Å². The van der Waals surface area contributed by atoms with Crippen molar-refractivity contribution in [3.05, 3.63) is 182 Å². The van der Waals surface area contributed by atoms with Gasteiger partial charge in [-0.25, -0.2) is 0 Å². The SMILES string of the molecule is c1ccc(N(c2ccc3c(ccc4c3c3ccccc3c3sc5ccccc5c43)c2)c2cccc3c4ccccc4n(-c4ccccc4)c23)cc1. The summed E-state index contributed by atoms with van der Waals surface area (Å²) in [6.45, 7) is 0. The highest BCUT2D eigenvalue weighted by Gasteiger charge is 2.22. The average Bonchev–Trinajstić information content (AvgIpc) is 3.76. The van der Waals surface area contributed by atoms with E-state index in [0.717, 1.165) is 22.7 Å². The van der Waals surface area contributed by atoms with Crippen molar-refractivity contribution in [2.24, 2.45) is 0 Å². The van der Waals surface area contributed by atoms with Crippen molar-refractivity contribution in [2.45, 2.75) is 0 Å². The summed E-state index contributed by atoms with van der Waals surface area (Å²) in [7, 11) is 0. The van der Waals surface area contributed by atoms with E-state index in [1.54, 1.807) is 0 Å². The highest BCUT2D eigenvalue weighted by atomic mass is 32.1. The highest BCUT2D eigenvalue weighted by Crippen LogP contribution is 2.48. The quantitative estimate of drug-likeness (QED) is 0.170. The van der Waals surface area contributed by atoms with E-state index in [0.29, 0.717) is 0 Å². The first-order valence-electron chi connectivity index (χ1n) is 17.4. The van der Waals surface area contributed by atoms with Crippen LogP contribution >= 0.6 is 11.3 Å². The van der Waals surface area contributed by atoms with Gasteiger partial charge >= 0.3 is 0 Å². The molecule has 0 aliphatic heterocycles. The number of fused-ring (bicyclic) bond motifs is 13. The van der Waals surface area contributed by atoms with Crippen LogP contribution in [0.25, 0.3) is 80.0 Å². The number of anilines is 3. The smallest absolute Gasteiger partial charge is 0.0782 e. The first-order valence-corrected chi connectivity index (χ1v) is 18.3. The van der Waals surface area contributed by atoms with Gasteiger partial charge in [0.15, 0.2) is 0 Å².